The third-order valence-electron chi connectivity index (χ3n) is 2.74. The van der Waals surface area contributed by atoms with Crippen LogP contribution < -0.4 is 0 Å². The minimum atomic E-state index is -0.381. The van der Waals surface area contributed by atoms with Gasteiger partial charge in [0, 0.05) is 16.2 Å². The number of halogens is 2. The summed E-state index contributed by atoms with van der Waals surface area (Å²) in [5.41, 5.74) is 0.482. The first kappa shape index (κ1) is 9.95. The largest absolute Gasteiger partial charge is 0.243 e. The summed E-state index contributed by atoms with van der Waals surface area (Å²) in [5, 5.41) is 9.61. The molecule has 1 fully saturated rings. The Hall–Kier alpha value is -0.590. The molecule has 0 radical (unpaired) electrons. The Labute approximate surface area is 96.0 Å². The molecule has 0 N–H and O–H groups in total. The maximum atomic E-state index is 9.15. The smallest absolute Gasteiger partial charge is 0.133 e. The van der Waals surface area contributed by atoms with Crippen LogP contribution in [0.5, 0.6) is 0 Å². The average molecular weight is 272 g/mol. The molecule has 1 aliphatic rings. The lowest BCUT2D eigenvalue weighted by molar-refractivity contribution is 0.323. The van der Waals surface area contributed by atoms with Crippen molar-refractivity contribution in [2.75, 3.05) is 0 Å². The van der Waals surface area contributed by atoms with Crippen molar-refractivity contribution in [1.29, 1.82) is 5.26 Å². The number of hydrogen-bond donors (Lipinski definition) is 0. The van der Waals surface area contributed by atoms with Gasteiger partial charge in [0.05, 0.1) is 11.5 Å². The second-order valence-corrected chi connectivity index (χ2v) is 4.81. The van der Waals surface area contributed by atoms with E-state index in [2.05, 4.69) is 27.0 Å². The number of nitriles is 1. The lowest BCUT2D eigenvalue weighted by Crippen LogP contribution is -2.32. The molecular weight excluding hydrogens is 263 g/mol. The Balaban J connectivity index is 2.50. The van der Waals surface area contributed by atoms with Gasteiger partial charge in [-0.3, -0.25) is 0 Å². The Kier molecular flexibility index (Phi) is 2.50. The highest BCUT2D eigenvalue weighted by molar-refractivity contribution is 9.10. The van der Waals surface area contributed by atoms with Gasteiger partial charge in [0.15, 0.2) is 0 Å². The highest BCUT2D eigenvalue weighted by Crippen LogP contribution is 2.45. The molecule has 1 aromatic rings. The zero-order valence-corrected chi connectivity index (χ0v) is 9.77. The van der Waals surface area contributed by atoms with Crippen LogP contribution >= 0.6 is 27.5 Å². The molecule has 0 aliphatic heterocycles. The number of hydrogen-bond acceptors (Lipinski definition) is 2. The van der Waals surface area contributed by atoms with Crippen molar-refractivity contribution >= 4 is 27.5 Å². The topological polar surface area (TPSA) is 36.7 Å². The molecule has 0 unspecified atom stereocenters. The molecular formula is C10H8BrClN2. The van der Waals surface area contributed by atoms with Gasteiger partial charge < -0.3 is 0 Å². The third-order valence-corrected chi connectivity index (χ3v) is 3.48. The van der Waals surface area contributed by atoms with Gasteiger partial charge in [-0.25, -0.2) is 4.98 Å². The molecule has 14 heavy (non-hydrogen) atoms. The number of aromatic nitrogens is 1. The van der Waals surface area contributed by atoms with Gasteiger partial charge in [-0.15, -0.1) is 0 Å². The molecule has 0 saturated heterocycles. The van der Waals surface area contributed by atoms with Crippen LogP contribution in [0.25, 0.3) is 0 Å². The van der Waals surface area contributed by atoms with Crippen LogP contribution in [0.4, 0.5) is 0 Å². The van der Waals surface area contributed by atoms with Crippen LogP contribution in [-0.4, -0.2) is 4.98 Å². The molecule has 1 heterocycles. The lowest BCUT2D eigenvalue weighted by Gasteiger charge is -2.35. The molecule has 1 aliphatic carbocycles. The van der Waals surface area contributed by atoms with Gasteiger partial charge in [-0.1, -0.05) is 11.6 Å². The molecule has 0 bridgehead atoms. The van der Waals surface area contributed by atoms with E-state index in [1.165, 1.54) is 0 Å². The Morgan fingerprint density at radius 1 is 1.57 bits per heavy atom. The number of nitrogens with zero attached hydrogens (tertiary/aromatic N) is 2. The van der Waals surface area contributed by atoms with Gasteiger partial charge in [-0.2, -0.15) is 5.26 Å². The lowest BCUT2D eigenvalue weighted by atomic mass is 9.66. The molecule has 72 valence electrons. The highest BCUT2D eigenvalue weighted by atomic mass is 79.9. The van der Waals surface area contributed by atoms with Crippen LogP contribution in [0.3, 0.4) is 0 Å². The third kappa shape index (κ3) is 1.43. The first-order valence-corrected chi connectivity index (χ1v) is 5.58. The summed E-state index contributed by atoms with van der Waals surface area (Å²) in [6.45, 7) is 0. The Morgan fingerprint density at radius 2 is 2.29 bits per heavy atom. The van der Waals surface area contributed by atoms with E-state index in [9.17, 15) is 0 Å². The fraction of sp³-hybridized carbons (Fsp3) is 0.400. The summed E-state index contributed by atoms with van der Waals surface area (Å²) in [7, 11) is 0. The molecule has 4 heteroatoms. The van der Waals surface area contributed by atoms with Crippen molar-refractivity contribution < 1.29 is 0 Å². The van der Waals surface area contributed by atoms with Gasteiger partial charge in [0.1, 0.15) is 5.15 Å². The molecule has 1 aromatic heterocycles. The van der Waals surface area contributed by atoms with Crippen LogP contribution in [0.15, 0.2) is 16.7 Å². The first-order chi connectivity index (χ1) is 6.68. The minimum Gasteiger partial charge on any atom is -0.243 e. The maximum Gasteiger partial charge on any atom is 0.133 e. The Morgan fingerprint density at radius 3 is 2.79 bits per heavy atom. The van der Waals surface area contributed by atoms with Crippen LogP contribution in [0.2, 0.25) is 5.15 Å². The van der Waals surface area contributed by atoms with E-state index in [1.54, 1.807) is 6.20 Å². The molecule has 1 saturated carbocycles. The standard InChI is InChI=1S/C10H8BrClN2/c11-7-4-8(9(12)14-5-7)10(6-13)2-1-3-10/h4-5H,1-3H2. The normalized spacial score (nSPS) is 18.4. The number of rotatable bonds is 1. The van der Waals surface area contributed by atoms with Gasteiger partial charge >= 0.3 is 0 Å². The predicted octanol–water partition coefficient (Wildman–Crippen LogP) is 3.44. The SMILES string of the molecule is N#CC1(c2cc(Br)cnc2Cl)CCC1. The summed E-state index contributed by atoms with van der Waals surface area (Å²) in [6, 6.07) is 4.25. The van der Waals surface area contributed by atoms with Gasteiger partial charge in [0.25, 0.3) is 0 Å². The van der Waals surface area contributed by atoms with E-state index in [1.807, 2.05) is 6.07 Å². The molecule has 0 aromatic carbocycles. The van der Waals surface area contributed by atoms with E-state index < -0.39 is 0 Å². The van der Waals surface area contributed by atoms with Crippen LogP contribution in [0.1, 0.15) is 24.8 Å². The van der Waals surface area contributed by atoms with Crippen molar-refractivity contribution in [3.05, 3.63) is 27.5 Å². The molecule has 0 amide bonds. The summed E-state index contributed by atoms with van der Waals surface area (Å²) >= 11 is 9.33. The Bertz CT molecular complexity index is 407. The average Bonchev–Trinajstić information content (AvgIpc) is 2.10. The summed E-state index contributed by atoms with van der Waals surface area (Å²) in [4.78, 5) is 4.04. The molecule has 2 rings (SSSR count). The van der Waals surface area contributed by atoms with E-state index in [0.717, 1.165) is 29.3 Å². The van der Waals surface area contributed by atoms with Crippen molar-refractivity contribution in [1.82, 2.24) is 4.98 Å². The zero-order valence-electron chi connectivity index (χ0n) is 7.43. The molecule has 0 spiro atoms. The second-order valence-electron chi connectivity index (χ2n) is 3.54. The fourth-order valence-electron chi connectivity index (χ4n) is 1.73. The van der Waals surface area contributed by atoms with Crippen molar-refractivity contribution in [2.24, 2.45) is 0 Å². The summed E-state index contributed by atoms with van der Waals surface area (Å²) in [5.74, 6) is 0. The minimum absolute atomic E-state index is 0.381. The van der Waals surface area contributed by atoms with Crippen LogP contribution in [-0.2, 0) is 5.41 Å². The molecule has 0 atom stereocenters. The quantitative estimate of drug-likeness (QED) is 0.734. The van der Waals surface area contributed by atoms with Gasteiger partial charge in [-0.05, 0) is 41.3 Å². The van der Waals surface area contributed by atoms with E-state index in [4.69, 9.17) is 16.9 Å². The molecule has 2 nitrogen and oxygen atoms in total. The maximum absolute atomic E-state index is 9.15. The second kappa shape index (κ2) is 3.52. The van der Waals surface area contributed by atoms with Crippen molar-refractivity contribution in [3.63, 3.8) is 0 Å². The monoisotopic (exact) mass is 270 g/mol. The van der Waals surface area contributed by atoms with Crippen LogP contribution in [0, 0.1) is 11.3 Å². The fourth-order valence-corrected chi connectivity index (χ4v) is 2.35. The first-order valence-electron chi connectivity index (χ1n) is 4.41. The number of pyridine rings is 1. The summed E-state index contributed by atoms with van der Waals surface area (Å²) < 4.78 is 0.874. The van der Waals surface area contributed by atoms with E-state index in [0.29, 0.717) is 5.15 Å². The van der Waals surface area contributed by atoms with E-state index >= 15 is 0 Å². The highest BCUT2D eigenvalue weighted by Gasteiger charge is 2.41. The van der Waals surface area contributed by atoms with E-state index in [-0.39, 0.29) is 5.41 Å². The zero-order chi connectivity index (χ0) is 10.2. The summed E-state index contributed by atoms with van der Waals surface area (Å²) in [6.07, 6.45) is 4.52. The predicted molar refractivity (Wildman–Crippen MR) is 58.1 cm³/mol. The van der Waals surface area contributed by atoms with Crippen molar-refractivity contribution in [2.45, 2.75) is 24.7 Å². The van der Waals surface area contributed by atoms with Crippen molar-refractivity contribution in [3.8, 4) is 6.07 Å². The van der Waals surface area contributed by atoms with Gasteiger partial charge in [0.2, 0.25) is 0 Å².